The summed E-state index contributed by atoms with van der Waals surface area (Å²) in [4.78, 5) is 13.8. The molecule has 112 valence electrons. The van der Waals surface area contributed by atoms with E-state index in [1.165, 1.54) is 22.6 Å². The average molecular weight is 306 g/mol. The standard InChI is InChI=1S/C15H18N2O3S/c18-17(19)15-6-5-13(21-15)11-12-3-1-2-4-14(12)16-7-9-20-10-8-16/h4-6,11H,1-3,7-10H2/b12-11+. The molecule has 1 aliphatic carbocycles. The molecule has 0 aromatic carbocycles. The lowest BCUT2D eigenvalue weighted by Gasteiger charge is -2.34. The molecule has 0 bridgehead atoms. The predicted molar refractivity (Wildman–Crippen MR) is 83.3 cm³/mol. The van der Waals surface area contributed by atoms with Crippen molar-refractivity contribution in [2.75, 3.05) is 26.3 Å². The minimum atomic E-state index is -0.327. The highest BCUT2D eigenvalue weighted by molar-refractivity contribution is 7.16. The molecule has 1 aromatic heterocycles. The predicted octanol–water partition coefficient (Wildman–Crippen LogP) is 3.44. The van der Waals surface area contributed by atoms with Crippen molar-refractivity contribution in [2.45, 2.75) is 19.3 Å². The number of hydrogen-bond acceptors (Lipinski definition) is 5. The lowest BCUT2D eigenvalue weighted by atomic mass is 9.96. The van der Waals surface area contributed by atoms with Gasteiger partial charge in [0.2, 0.25) is 0 Å². The van der Waals surface area contributed by atoms with E-state index in [2.05, 4.69) is 17.1 Å². The van der Waals surface area contributed by atoms with E-state index in [9.17, 15) is 10.1 Å². The van der Waals surface area contributed by atoms with E-state index in [-0.39, 0.29) is 9.92 Å². The molecule has 1 aromatic rings. The van der Waals surface area contributed by atoms with E-state index >= 15 is 0 Å². The van der Waals surface area contributed by atoms with Gasteiger partial charge in [0, 0.05) is 29.7 Å². The van der Waals surface area contributed by atoms with Crippen molar-refractivity contribution in [1.82, 2.24) is 4.90 Å². The molecule has 2 aliphatic rings. The maximum Gasteiger partial charge on any atom is 0.324 e. The van der Waals surface area contributed by atoms with Gasteiger partial charge in [0.15, 0.2) is 0 Å². The van der Waals surface area contributed by atoms with Gasteiger partial charge in [0.05, 0.1) is 18.1 Å². The summed E-state index contributed by atoms with van der Waals surface area (Å²) in [6.07, 6.45) is 7.69. The zero-order valence-electron chi connectivity index (χ0n) is 11.8. The Labute approximate surface area is 127 Å². The lowest BCUT2D eigenvalue weighted by Crippen LogP contribution is -2.36. The maximum atomic E-state index is 10.8. The molecule has 0 amide bonds. The molecule has 0 unspecified atom stereocenters. The van der Waals surface area contributed by atoms with Crippen molar-refractivity contribution >= 4 is 22.4 Å². The van der Waals surface area contributed by atoms with Gasteiger partial charge in [-0.3, -0.25) is 10.1 Å². The van der Waals surface area contributed by atoms with Gasteiger partial charge >= 0.3 is 5.00 Å². The molecule has 0 spiro atoms. The third-order valence-corrected chi connectivity index (χ3v) is 4.76. The van der Waals surface area contributed by atoms with Gasteiger partial charge in [-0.25, -0.2) is 0 Å². The number of morpholine rings is 1. The minimum absolute atomic E-state index is 0.203. The Morgan fingerprint density at radius 1 is 1.33 bits per heavy atom. The summed E-state index contributed by atoms with van der Waals surface area (Å²) >= 11 is 1.24. The van der Waals surface area contributed by atoms with Crippen LogP contribution in [0.1, 0.15) is 24.1 Å². The van der Waals surface area contributed by atoms with E-state index in [0.717, 1.165) is 50.4 Å². The van der Waals surface area contributed by atoms with Gasteiger partial charge in [-0.2, -0.15) is 0 Å². The topological polar surface area (TPSA) is 55.6 Å². The Hall–Kier alpha value is -1.66. The van der Waals surface area contributed by atoms with E-state index in [1.54, 1.807) is 6.07 Å². The fraction of sp³-hybridized carbons (Fsp3) is 0.467. The van der Waals surface area contributed by atoms with Gasteiger partial charge in [0.1, 0.15) is 0 Å². The van der Waals surface area contributed by atoms with Crippen LogP contribution in [0.5, 0.6) is 0 Å². The third kappa shape index (κ3) is 3.33. The molecule has 21 heavy (non-hydrogen) atoms. The van der Waals surface area contributed by atoms with Gasteiger partial charge in [-0.15, -0.1) is 0 Å². The summed E-state index contributed by atoms with van der Waals surface area (Å²) in [6, 6.07) is 3.42. The summed E-state index contributed by atoms with van der Waals surface area (Å²) in [7, 11) is 0. The number of ether oxygens (including phenoxy) is 1. The second-order valence-electron chi connectivity index (χ2n) is 5.18. The SMILES string of the molecule is O=[N+]([O-])c1ccc(/C=C2\CCCC=C2N2CCOCC2)s1. The molecule has 1 aliphatic heterocycles. The Bertz CT molecular complexity index is 585. The van der Waals surface area contributed by atoms with Crippen LogP contribution in [-0.2, 0) is 4.74 Å². The van der Waals surface area contributed by atoms with Crippen molar-refractivity contribution in [1.29, 1.82) is 0 Å². The van der Waals surface area contributed by atoms with Crippen LogP contribution in [0.2, 0.25) is 0 Å². The summed E-state index contributed by atoms with van der Waals surface area (Å²) in [5, 5.41) is 11.0. The number of nitro groups is 1. The molecule has 2 heterocycles. The molecule has 1 fully saturated rings. The van der Waals surface area contributed by atoms with Gasteiger partial charge in [-0.05, 0) is 37.0 Å². The maximum absolute atomic E-state index is 10.8. The smallest absolute Gasteiger partial charge is 0.324 e. The zero-order valence-corrected chi connectivity index (χ0v) is 12.6. The minimum Gasteiger partial charge on any atom is -0.378 e. The Morgan fingerprint density at radius 3 is 2.86 bits per heavy atom. The zero-order chi connectivity index (χ0) is 14.7. The number of nitrogens with zero attached hydrogens (tertiary/aromatic N) is 2. The molecule has 5 nitrogen and oxygen atoms in total. The Kier molecular flexibility index (Phi) is 4.36. The summed E-state index contributed by atoms with van der Waals surface area (Å²) in [5.41, 5.74) is 2.58. The second-order valence-corrected chi connectivity index (χ2v) is 6.28. The van der Waals surface area contributed by atoms with Crippen LogP contribution >= 0.6 is 11.3 Å². The molecule has 6 heteroatoms. The van der Waals surface area contributed by atoms with Gasteiger partial charge < -0.3 is 9.64 Å². The summed E-state index contributed by atoms with van der Waals surface area (Å²) in [5.74, 6) is 0. The van der Waals surface area contributed by atoms with Crippen LogP contribution in [-0.4, -0.2) is 36.1 Å². The normalized spacial score (nSPS) is 21.4. The number of allylic oxidation sites excluding steroid dienone is 2. The highest BCUT2D eigenvalue weighted by atomic mass is 32.1. The first-order valence-electron chi connectivity index (χ1n) is 7.22. The van der Waals surface area contributed by atoms with Crippen LogP contribution in [0, 0.1) is 10.1 Å². The van der Waals surface area contributed by atoms with Crippen LogP contribution in [0.4, 0.5) is 5.00 Å². The van der Waals surface area contributed by atoms with Crippen molar-refractivity contribution in [2.24, 2.45) is 0 Å². The van der Waals surface area contributed by atoms with Crippen LogP contribution in [0.3, 0.4) is 0 Å². The molecule has 3 rings (SSSR count). The monoisotopic (exact) mass is 306 g/mol. The van der Waals surface area contributed by atoms with Crippen LogP contribution < -0.4 is 0 Å². The molecule has 1 saturated heterocycles. The van der Waals surface area contributed by atoms with Crippen LogP contribution in [0.15, 0.2) is 29.5 Å². The Morgan fingerprint density at radius 2 is 2.14 bits per heavy atom. The number of thiophene rings is 1. The molecular weight excluding hydrogens is 288 g/mol. The third-order valence-electron chi connectivity index (χ3n) is 3.78. The van der Waals surface area contributed by atoms with E-state index < -0.39 is 0 Å². The van der Waals surface area contributed by atoms with Crippen molar-refractivity contribution < 1.29 is 9.66 Å². The first-order chi connectivity index (χ1) is 10.2. The van der Waals surface area contributed by atoms with Crippen LogP contribution in [0.25, 0.3) is 6.08 Å². The van der Waals surface area contributed by atoms with Gasteiger partial charge in [0.25, 0.3) is 0 Å². The quantitative estimate of drug-likeness (QED) is 0.634. The van der Waals surface area contributed by atoms with E-state index in [0.29, 0.717) is 0 Å². The fourth-order valence-corrected chi connectivity index (χ4v) is 3.55. The first-order valence-corrected chi connectivity index (χ1v) is 8.04. The molecular formula is C15H18N2O3S. The molecule has 0 radical (unpaired) electrons. The van der Waals surface area contributed by atoms with Gasteiger partial charge in [-0.1, -0.05) is 17.4 Å². The highest BCUT2D eigenvalue weighted by Crippen LogP contribution is 2.32. The Balaban J connectivity index is 1.83. The van der Waals surface area contributed by atoms with E-state index in [1.807, 2.05) is 6.07 Å². The molecule has 0 atom stereocenters. The summed E-state index contributed by atoms with van der Waals surface area (Å²) in [6.45, 7) is 3.39. The van der Waals surface area contributed by atoms with Crippen molar-refractivity contribution in [3.8, 4) is 0 Å². The van der Waals surface area contributed by atoms with E-state index in [4.69, 9.17) is 4.74 Å². The van der Waals surface area contributed by atoms with Crippen molar-refractivity contribution in [3.63, 3.8) is 0 Å². The summed E-state index contributed by atoms with van der Waals surface area (Å²) < 4.78 is 5.41. The second kappa shape index (κ2) is 6.41. The molecule has 0 N–H and O–H groups in total. The number of rotatable bonds is 3. The average Bonchev–Trinajstić information content (AvgIpc) is 2.98. The molecule has 0 saturated carbocycles. The highest BCUT2D eigenvalue weighted by Gasteiger charge is 2.19. The first kappa shape index (κ1) is 14.3. The van der Waals surface area contributed by atoms with Crippen molar-refractivity contribution in [3.05, 3.63) is 44.5 Å². The largest absolute Gasteiger partial charge is 0.378 e. The lowest BCUT2D eigenvalue weighted by molar-refractivity contribution is -0.380. The fourth-order valence-electron chi connectivity index (χ4n) is 2.76. The number of hydrogen-bond donors (Lipinski definition) is 0.